The zero-order valence-corrected chi connectivity index (χ0v) is 12.3. The van der Waals surface area contributed by atoms with Crippen molar-refractivity contribution in [2.75, 3.05) is 0 Å². The molecule has 0 unspecified atom stereocenters. The quantitative estimate of drug-likeness (QED) is 0.639. The molecule has 0 saturated heterocycles. The fourth-order valence-electron chi connectivity index (χ4n) is 3.10. The first-order valence-electron chi connectivity index (χ1n) is 6.21. The minimum absolute atomic E-state index is 0.187. The van der Waals surface area contributed by atoms with Gasteiger partial charge in [0, 0.05) is 6.42 Å². The van der Waals surface area contributed by atoms with Crippen LogP contribution in [0.4, 0.5) is 0 Å². The van der Waals surface area contributed by atoms with Gasteiger partial charge in [-0.15, -0.1) is 0 Å². The van der Waals surface area contributed by atoms with Gasteiger partial charge in [0.1, 0.15) is 0 Å². The molecule has 1 nitrogen and oxygen atoms in total. The second-order valence-corrected chi connectivity index (χ2v) is 6.87. The van der Waals surface area contributed by atoms with E-state index in [0.29, 0.717) is 12.3 Å². The Bertz CT molecular complexity index is 257. The molecule has 0 fully saturated rings. The van der Waals surface area contributed by atoms with E-state index in [9.17, 15) is 4.79 Å². The van der Waals surface area contributed by atoms with Gasteiger partial charge >= 0.3 is 0 Å². The van der Waals surface area contributed by atoms with Crippen LogP contribution in [0.3, 0.4) is 0 Å². The molecule has 0 aliphatic rings. The van der Waals surface area contributed by atoms with E-state index in [1.165, 1.54) is 5.57 Å². The van der Waals surface area contributed by atoms with Crippen molar-refractivity contribution in [3.63, 3.8) is 0 Å². The van der Waals surface area contributed by atoms with E-state index in [-0.39, 0.29) is 16.6 Å². The number of hydrogen-bond donors (Lipinski definition) is 0. The molecule has 0 spiro atoms. The van der Waals surface area contributed by atoms with Crippen molar-refractivity contribution in [3.8, 4) is 0 Å². The van der Waals surface area contributed by atoms with Crippen molar-refractivity contribution in [3.05, 3.63) is 11.6 Å². The highest BCUT2D eigenvalue weighted by Gasteiger charge is 2.35. The summed E-state index contributed by atoms with van der Waals surface area (Å²) in [6.07, 6.45) is 2.43. The average Bonchev–Trinajstić information content (AvgIpc) is 1.97. The van der Waals surface area contributed by atoms with Crippen LogP contribution in [0.1, 0.15) is 61.8 Å². The number of hydrogen-bond acceptors (Lipinski definition) is 1. The molecule has 0 radical (unpaired) electrons. The van der Waals surface area contributed by atoms with Gasteiger partial charge in [-0.05, 0) is 29.7 Å². The Hall–Kier alpha value is -0.590. The van der Waals surface area contributed by atoms with E-state index in [4.69, 9.17) is 0 Å². The monoisotopic (exact) mass is 224 g/mol. The Balaban J connectivity index is 5.23. The molecule has 0 atom stereocenters. The second kappa shape index (κ2) is 5.16. The molecule has 0 rings (SSSR count). The van der Waals surface area contributed by atoms with Crippen LogP contribution in [-0.2, 0) is 4.79 Å². The molecule has 0 aromatic carbocycles. The first-order valence-corrected chi connectivity index (χ1v) is 6.21. The van der Waals surface area contributed by atoms with Gasteiger partial charge < -0.3 is 0 Å². The van der Waals surface area contributed by atoms with Gasteiger partial charge in [-0.3, -0.25) is 4.79 Å². The molecule has 16 heavy (non-hydrogen) atoms. The fourth-order valence-corrected chi connectivity index (χ4v) is 3.10. The van der Waals surface area contributed by atoms with Crippen LogP contribution in [0.15, 0.2) is 11.6 Å². The van der Waals surface area contributed by atoms with Crippen molar-refractivity contribution in [1.29, 1.82) is 0 Å². The average molecular weight is 224 g/mol. The molecule has 0 aliphatic heterocycles. The van der Waals surface area contributed by atoms with E-state index < -0.39 is 0 Å². The number of allylic oxidation sites excluding steroid dienone is 2. The van der Waals surface area contributed by atoms with Crippen LogP contribution in [0, 0.1) is 16.7 Å². The normalized spacial score (nSPS) is 14.4. The number of carbonyl (C=O) groups is 1. The SMILES string of the molecule is CCC(=O)C=C(C)C(C(C)(C)C)C(C)(C)C. The van der Waals surface area contributed by atoms with Gasteiger partial charge in [-0.25, -0.2) is 0 Å². The lowest BCUT2D eigenvalue weighted by Crippen LogP contribution is -2.33. The van der Waals surface area contributed by atoms with Crippen molar-refractivity contribution in [1.82, 2.24) is 0 Å². The van der Waals surface area contributed by atoms with Crippen molar-refractivity contribution in [2.24, 2.45) is 16.7 Å². The summed E-state index contributed by atoms with van der Waals surface area (Å²) in [5.74, 6) is 0.659. The zero-order valence-electron chi connectivity index (χ0n) is 12.3. The predicted molar refractivity (Wildman–Crippen MR) is 71.5 cm³/mol. The molecular formula is C15H28O. The molecule has 0 N–H and O–H groups in total. The fraction of sp³-hybridized carbons (Fsp3) is 0.800. The third kappa shape index (κ3) is 4.51. The Labute approximate surface area is 101 Å². The summed E-state index contributed by atoms with van der Waals surface area (Å²) in [6, 6.07) is 0. The van der Waals surface area contributed by atoms with Crippen LogP contribution in [0.2, 0.25) is 0 Å². The third-order valence-corrected chi connectivity index (χ3v) is 2.92. The van der Waals surface area contributed by atoms with Crippen LogP contribution < -0.4 is 0 Å². The summed E-state index contributed by atoms with van der Waals surface area (Å²) in [4.78, 5) is 11.5. The first-order chi connectivity index (χ1) is 7.00. The van der Waals surface area contributed by atoms with E-state index in [1.807, 2.05) is 13.0 Å². The standard InChI is InChI=1S/C15H28O/c1-9-12(16)10-11(2)13(14(3,4)5)15(6,7)8/h10,13H,9H2,1-8H3. The topological polar surface area (TPSA) is 17.1 Å². The molecule has 0 bridgehead atoms. The van der Waals surface area contributed by atoms with Gasteiger partial charge in [0.2, 0.25) is 0 Å². The van der Waals surface area contributed by atoms with E-state index >= 15 is 0 Å². The maximum Gasteiger partial charge on any atom is 0.155 e. The van der Waals surface area contributed by atoms with E-state index in [0.717, 1.165) is 0 Å². The highest BCUT2D eigenvalue weighted by atomic mass is 16.1. The second-order valence-electron chi connectivity index (χ2n) is 6.87. The number of ketones is 1. The minimum Gasteiger partial charge on any atom is -0.295 e. The van der Waals surface area contributed by atoms with Crippen LogP contribution in [0.5, 0.6) is 0 Å². The number of rotatable bonds is 3. The van der Waals surface area contributed by atoms with Crippen LogP contribution in [-0.4, -0.2) is 5.78 Å². The molecule has 94 valence electrons. The molecule has 0 aromatic heterocycles. The Morgan fingerprint density at radius 2 is 1.44 bits per heavy atom. The molecule has 1 heteroatoms. The summed E-state index contributed by atoms with van der Waals surface area (Å²) in [5, 5.41) is 0. The maximum atomic E-state index is 11.5. The highest BCUT2D eigenvalue weighted by Crippen LogP contribution is 2.44. The van der Waals surface area contributed by atoms with Gasteiger partial charge in [0.05, 0.1) is 0 Å². The van der Waals surface area contributed by atoms with Gasteiger partial charge in [-0.1, -0.05) is 54.0 Å². The Kier molecular flexibility index (Phi) is 4.97. The van der Waals surface area contributed by atoms with Crippen molar-refractivity contribution >= 4 is 5.78 Å². The number of carbonyl (C=O) groups excluding carboxylic acids is 1. The van der Waals surface area contributed by atoms with Crippen LogP contribution >= 0.6 is 0 Å². The molecule has 0 heterocycles. The minimum atomic E-state index is 0.187. The van der Waals surface area contributed by atoms with Gasteiger partial charge in [0.25, 0.3) is 0 Å². The highest BCUT2D eigenvalue weighted by molar-refractivity contribution is 5.90. The summed E-state index contributed by atoms with van der Waals surface area (Å²) >= 11 is 0. The largest absolute Gasteiger partial charge is 0.295 e. The summed E-state index contributed by atoms with van der Waals surface area (Å²) < 4.78 is 0. The summed E-state index contributed by atoms with van der Waals surface area (Å²) in [6.45, 7) is 17.5. The predicted octanol–water partition coefficient (Wildman–Crippen LogP) is 4.62. The molecule has 0 amide bonds. The van der Waals surface area contributed by atoms with Crippen LogP contribution in [0.25, 0.3) is 0 Å². The van der Waals surface area contributed by atoms with E-state index in [2.05, 4.69) is 48.5 Å². The first kappa shape index (κ1) is 15.4. The molecule has 0 saturated carbocycles. The molecular weight excluding hydrogens is 196 g/mol. The molecule has 0 aromatic rings. The lowest BCUT2D eigenvalue weighted by Gasteiger charge is -2.41. The Morgan fingerprint density at radius 1 is 1.06 bits per heavy atom. The van der Waals surface area contributed by atoms with E-state index in [1.54, 1.807) is 0 Å². The zero-order chi connectivity index (χ0) is 13.1. The van der Waals surface area contributed by atoms with Crippen molar-refractivity contribution < 1.29 is 4.79 Å². The Morgan fingerprint density at radius 3 is 1.69 bits per heavy atom. The maximum absolute atomic E-state index is 11.5. The lowest BCUT2D eigenvalue weighted by molar-refractivity contribution is -0.114. The van der Waals surface area contributed by atoms with Gasteiger partial charge in [-0.2, -0.15) is 0 Å². The lowest BCUT2D eigenvalue weighted by atomic mass is 9.63. The van der Waals surface area contributed by atoms with Gasteiger partial charge in [0.15, 0.2) is 5.78 Å². The summed E-state index contributed by atoms with van der Waals surface area (Å²) in [5.41, 5.74) is 1.59. The molecule has 0 aliphatic carbocycles. The van der Waals surface area contributed by atoms with Crippen molar-refractivity contribution in [2.45, 2.75) is 61.8 Å². The smallest absolute Gasteiger partial charge is 0.155 e. The summed E-state index contributed by atoms with van der Waals surface area (Å²) in [7, 11) is 0. The third-order valence-electron chi connectivity index (χ3n) is 2.92.